The van der Waals surface area contributed by atoms with Crippen LogP contribution in [-0.4, -0.2) is 24.5 Å². The molecule has 0 spiro atoms. The summed E-state index contributed by atoms with van der Waals surface area (Å²) in [7, 11) is 1.51. The highest BCUT2D eigenvalue weighted by Gasteiger charge is 2.33. The molecule has 0 unspecified atom stereocenters. The Hall–Kier alpha value is -1.83. The van der Waals surface area contributed by atoms with Crippen LogP contribution in [0.25, 0.3) is 0 Å². The Morgan fingerprint density at radius 1 is 1.40 bits per heavy atom. The summed E-state index contributed by atoms with van der Waals surface area (Å²) in [4.78, 5) is 10.7. The summed E-state index contributed by atoms with van der Waals surface area (Å²) in [6.07, 6.45) is -4.31. The predicted molar refractivity (Wildman–Crippen MR) is 74.5 cm³/mol. The summed E-state index contributed by atoms with van der Waals surface area (Å²) in [5, 5.41) is 5.28. The van der Waals surface area contributed by atoms with Gasteiger partial charge in [-0.15, -0.1) is 0 Å². The number of carbonyl (C=O) groups excluding carboxylic acids is 1. The molecular formula is C12H14F3N3OS. The summed E-state index contributed by atoms with van der Waals surface area (Å²) in [5.74, 6) is -0.168. The molecule has 1 aromatic rings. The van der Waals surface area contributed by atoms with Crippen molar-refractivity contribution in [1.29, 1.82) is 0 Å². The zero-order valence-corrected chi connectivity index (χ0v) is 11.5. The van der Waals surface area contributed by atoms with Crippen molar-refractivity contribution in [3.8, 4) is 0 Å². The van der Waals surface area contributed by atoms with Gasteiger partial charge in [-0.25, -0.2) is 0 Å². The van der Waals surface area contributed by atoms with Crippen molar-refractivity contribution < 1.29 is 18.0 Å². The van der Waals surface area contributed by atoms with E-state index in [1.165, 1.54) is 19.2 Å². The molecule has 0 saturated heterocycles. The number of nitrogens with two attached hydrogens (primary N) is 1. The van der Waals surface area contributed by atoms with Crippen LogP contribution >= 0.6 is 12.2 Å². The van der Waals surface area contributed by atoms with Crippen LogP contribution in [0.15, 0.2) is 18.2 Å². The van der Waals surface area contributed by atoms with Crippen LogP contribution in [0.3, 0.4) is 0 Å². The van der Waals surface area contributed by atoms with E-state index in [0.29, 0.717) is 12.2 Å². The molecule has 20 heavy (non-hydrogen) atoms. The van der Waals surface area contributed by atoms with E-state index >= 15 is 0 Å². The van der Waals surface area contributed by atoms with E-state index in [1.807, 2.05) is 0 Å². The zero-order chi connectivity index (χ0) is 15.3. The lowest BCUT2D eigenvalue weighted by Gasteiger charge is -2.14. The lowest BCUT2D eigenvalue weighted by atomic mass is 10.1. The lowest BCUT2D eigenvalue weighted by Crippen LogP contribution is -2.21. The summed E-state index contributed by atoms with van der Waals surface area (Å²) in [5.41, 5.74) is 4.63. The molecule has 0 bridgehead atoms. The van der Waals surface area contributed by atoms with Crippen LogP contribution < -0.4 is 16.4 Å². The highest BCUT2D eigenvalue weighted by atomic mass is 32.1. The first-order valence-electron chi connectivity index (χ1n) is 5.71. The number of nitrogens with one attached hydrogen (secondary N) is 2. The van der Waals surface area contributed by atoms with Crippen molar-refractivity contribution in [3.05, 3.63) is 29.3 Å². The quantitative estimate of drug-likeness (QED) is 0.727. The number of thiocarbonyl (C=S) groups is 1. The van der Waals surface area contributed by atoms with Crippen LogP contribution in [0.1, 0.15) is 17.5 Å². The van der Waals surface area contributed by atoms with E-state index in [1.54, 1.807) is 0 Å². The number of alkyl halides is 3. The number of anilines is 1. The Balaban J connectivity index is 2.89. The van der Waals surface area contributed by atoms with Gasteiger partial charge >= 0.3 is 6.18 Å². The fourth-order valence-corrected chi connectivity index (χ4v) is 1.72. The Kier molecular flexibility index (Phi) is 5.32. The predicted octanol–water partition coefficient (Wildman–Crippen LogP) is 1.89. The number of halogens is 3. The maximum absolute atomic E-state index is 12.8. The maximum Gasteiger partial charge on any atom is 0.417 e. The molecule has 0 atom stereocenters. The lowest BCUT2D eigenvalue weighted by molar-refractivity contribution is -0.137. The molecule has 0 aliphatic rings. The van der Waals surface area contributed by atoms with Gasteiger partial charge in [0.25, 0.3) is 0 Å². The first kappa shape index (κ1) is 16.2. The highest BCUT2D eigenvalue weighted by molar-refractivity contribution is 7.80. The molecule has 0 aliphatic carbocycles. The third kappa shape index (κ3) is 4.37. The van der Waals surface area contributed by atoms with Crippen LogP contribution in [0.5, 0.6) is 0 Å². The highest BCUT2D eigenvalue weighted by Crippen LogP contribution is 2.33. The third-order valence-electron chi connectivity index (χ3n) is 2.55. The maximum atomic E-state index is 12.8. The molecule has 0 aliphatic heterocycles. The van der Waals surface area contributed by atoms with Gasteiger partial charge in [-0.3, -0.25) is 4.79 Å². The molecule has 0 fully saturated rings. The molecule has 0 saturated carbocycles. The van der Waals surface area contributed by atoms with Crippen LogP contribution in [0, 0.1) is 0 Å². The van der Waals surface area contributed by atoms with Crippen LogP contribution in [-0.2, 0) is 11.0 Å². The van der Waals surface area contributed by atoms with Crippen LogP contribution in [0.4, 0.5) is 18.9 Å². The number of hydrogen-bond donors (Lipinski definition) is 3. The Bertz CT molecular complexity index is 517. The molecule has 1 amide bonds. The molecule has 1 aromatic carbocycles. The summed E-state index contributed by atoms with van der Waals surface area (Å²) >= 11 is 4.64. The second-order valence-corrected chi connectivity index (χ2v) is 4.41. The second-order valence-electron chi connectivity index (χ2n) is 3.97. The van der Waals surface area contributed by atoms with Gasteiger partial charge in [0, 0.05) is 31.3 Å². The van der Waals surface area contributed by atoms with Gasteiger partial charge in [-0.2, -0.15) is 13.2 Å². The summed E-state index contributed by atoms with van der Waals surface area (Å²) in [6, 6.07) is 3.42. The molecule has 4 nitrogen and oxygen atoms in total. The van der Waals surface area contributed by atoms with Crippen molar-refractivity contribution in [2.75, 3.05) is 18.9 Å². The van der Waals surface area contributed by atoms with Crippen molar-refractivity contribution in [2.24, 2.45) is 5.73 Å². The molecule has 1 rings (SSSR count). The number of hydrogen-bond acceptors (Lipinski definition) is 3. The van der Waals surface area contributed by atoms with Crippen LogP contribution in [0.2, 0.25) is 0 Å². The number of rotatable bonds is 5. The van der Waals surface area contributed by atoms with E-state index in [9.17, 15) is 18.0 Å². The Morgan fingerprint density at radius 2 is 2.05 bits per heavy atom. The molecule has 0 aromatic heterocycles. The average Bonchev–Trinajstić information content (AvgIpc) is 2.37. The first-order chi connectivity index (χ1) is 9.25. The topological polar surface area (TPSA) is 67.2 Å². The fourth-order valence-electron chi connectivity index (χ4n) is 1.55. The number of amides is 1. The fraction of sp³-hybridized carbons (Fsp3) is 0.333. The number of carbonyl (C=O) groups is 1. The normalized spacial score (nSPS) is 11.0. The van der Waals surface area contributed by atoms with Gasteiger partial charge in [0.05, 0.1) is 5.56 Å². The molecule has 4 N–H and O–H groups in total. The minimum absolute atomic E-state index is 0.168. The zero-order valence-electron chi connectivity index (χ0n) is 10.7. The first-order valence-corrected chi connectivity index (χ1v) is 6.12. The van der Waals surface area contributed by atoms with Gasteiger partial charge in [0.2, 0.25) is 5.91 Å². The third-order valence-corrected chi connectivity index (χ3v) is 2.77. The molecule has 8 heteroatoms. The summed E-state index contributed by atoms with van der Waals surface area (Å²) < 4.78 is 38.3. The second kappa shape index (κ2) is 6.56. The Morgan fingerprint density at radius 3 is 2.55 bits per heavy atom. The van der Waals surface area contributed by atoms with E-state index < -0.39 is 11.7 Å². The monoisotopic (exact) mass is 305 g/mol. The smallest absolute Gasteiger partial charge is 0.389 e. The Labute approximate surface area is 119 Å². The largest absolute Gasteiger partial charge is 0.417 e. The molecule has 0 radical (unpaired) electrons. The molecular weight excluding hydrogens is 291 g/mol. The van der Waals surface area contributed by atoms with E-state index in [-0.39, 0.29) is 22.9 Å². The van der Waals surface area contributed by atoms with Crippen molar-refractivity contribution in [1.82, 2.24) is 5.32 Å². The van der Waals surface area contributed by atoms with Gasteiger partial charge in [0.1, 0.15) is 4.99 Å². The van der Waals surface area contributed by atoms with Gasteiger partial charge in [0.15, 0.2) is 0 Å². The SMILES string of the molecule is CNC(=O)CCNc1ccc(C(F)(F)F)c(C(N)=S)c1. The standard InChI is InChI=1S/C12H14F3N3OS/c1-17-10(19)4-5-18-7-2-3-9(12(13,14)15)8(6-7)11(16)20/h2-3,6,18H,4-5H2,1H3,(H2,16,20)(H,17,19). The van der Waals surface area contributed by atoms with Crippen molar-refractivity contribution in [3.63, 3.8) is 0 Å². The van der Waals surface area contributed by atoms with Crippen molar-refractivity contribution >= 4 is 28.8 Å². The minimum Gasteiger partial charge on any atom is -0.389 e. The van der Waals surface area contributed by atoms with E-state index in [2.05, 4.69) is 22.9 Å². The summed E-state index contributed by atoms with van der Waals surface area (Å²) in [6.45, 7) is 0.293. The van der Waals surface area contributed by atoms with E-state index in [4.69, 9.17) is 5.73 Å². The van der Waals surface area contributed by atoms with Gasteiger partial charge < -0.3 is 16.4 Å². The minimum atomic E-state index is -4.51. The van der Waals surface area contributed by atoms with E-state index in [0.717, 1.165) is 6.07 Å². The van der Waals surface area contributed by atoms with Gasteiger partial charge in [-0.1, -0.05) is 12.2 Å². The van der Waals surface area contributed by atoms with Gasteiger partial charge in [-0.05, 0) is 18.2 Å². The molecule has 0 heterocycles. The van der Waals surface area contributed by atoms with Crippen molar-refractivity contribution in [2.45, 2.75) is 12.6 Å². The number of benzene rings is 1. The average molecular weight is 305 g/mol. The molecule has 110 valence electrons.